The largest absolute Gasteiger partial charge is 0.490 e. The fourth-order valence-electron chi connectivity index (χ4n) is 2.97. The van der Waals surface area contributed by atoms with E-state index < -0.39 is 20.6 Å². The van der Waals surface area contributed by atoms with Gasteiger partial charge in [-0.1, -0.05) is 12.1 Å². The molecule has 0 spiro atoms. The number of hydrogen-bond donors (Lipinski definition) is 1. The van der Waals surface area contributed by atoms with E-state index in [-0.39, 0.29) is 29.1 Å². The lowest BCUT2D eigenvalue weighted by molar-refractivity contribution is -0.386. The summed E-state index contributed by atoms with van der Waals surface area (Å²) in [4.78, 5) is 22.1. The number of hydrogen-bond acceptors (Lipinski definition) is 6. The lowest BCUT2D eigenvalue weighted by Gasteiger charge is -2.22. The Morgan fingerprint density at radius 3 is 2.41 bits per heavy atom. The Balaban J connectivity index is 1.91. The van der Waals surface area contributed by atoms with Crippen LogP contribution in [0.25, 0.3) is 0 Å². The topological polar surface area (TPSA) is 119 Å². The van der Waals surface area contributed by atoms with Crippen LogP contribution in [-0.4, -0.2) is 43.8 Å². The van der Waals surface area contributed by atoms with E-state index in [4.69, 9.17) is 4.74 Å². The van der Waals surface area contributed by atoms with Crippen molar-refractivity contribution in [3.05, 3.63) is 63.7 Å². The molecule has 0 bridgehead atoms. The molecule has 0 aliphatic heterocycles. The summed E-state index contributed by atoms with van der Waals surface area (Å²) in [6.07, 6.45) is 1.46. The fraction of sp³-hybridized carbons (Fsp3) is 0.316. The number of rotatable bonds is 8. The minimum absolute atomic E-state index is 0.00304. The van der Waals surface area contributed by atoms with Gasteiger partial charge in [0.1, 0.15) is 0 Å². The third kappa shape index (κ3) is 4.38. The second-order valence-electron chi connectivity index (χ2n) is 6.65. The smallest absolute Gasteiger partial charge is 0.312 e. The molecule has 0 atom stereocenters. The lowest BCUT2D eigenvalue weighted by atomic mass is 10.1. The predicted molar refractivity (Wildman–Crippen MR) is 105 cm³/mol. The summed E-state index contributed by atoms with van der Waals surface area (Å²) in [6, 6.07) is 10.1. The second-order valence-corrected chi connectivity index (χ2v) is 8.54. The minimum Gasteiger partial charge on any atom is -0.490 e. The van der Waals surface area contributed by atoms with Crippen molar-refractivity contribution < 1.29 is 22.9 Å². The molecule has 2 aromatic carbocycles. The van der Waals surface area contributed by atoms with Crippen LogP contribution in [0.15, 0.2) is 47.4 Å². The summed E-state index contributed by atoms with van der Waals surface area (Å²) >= 11 is 0. The van der Waals surface area contributed by atoms with E-state index in [0.717, 1.165) is 24.5 Å². The van der Waals surface area contributed by atoms with E-state index >= 15 is 0 Å². The first-order valence-corrected chi connectivity index (χ1v) is 10.4. The molecule has 3 rings (SSSR count). The summed E-state index contributed by atoms with van der Waals surface area (Å²) in [5.41, 5.74) is 0.790. The zero-order chi connectivity index (χ0) is 21.2. The lowest BCUT2D eigenvalue weighted by Crippen LogP contribution is -2.32. The van der Waals surface area contributed by atoms with Gasteiger partial charge in [0.15, 0.2) is 5.75 Å². The van der Waals surface area contributed by atoms with Crippen LogP contribution in [0.5, 0.6) is 5.75 Å². The van der Waals surface area contributed by atoms with Gasteiger partial charge in [-0.05, 0) is 42.7 Å². The Hall–Kier alpha value is -2.98. The van der Waals surface area contributed by atoms with Crippen molar-refractivity contribution in [2.75, 3.05) is 14.2 Å². The molecule has 0 heterocycles. The number of ether oxygens (including phenoxy) is 1. The van der Waals surface area contributed by atoms with E-state index in [1.165, 1.54) is 30.6 Å². The SMILES string of the molecule is CNC(=O)c1ccc(CN(C2CC2)S(=O)(=O)c2ccc(OC)c([N+](=O)[O-])c2)cc1. The van der Waals surface area contributed by atoms with Gasteiger partial charge in [-0.15, -0.1) is 0 Å². The molecule has 2 aromatic rings. The first-order chi connectivity index (χ1) is 13.8. The highest BCUT2D eigenvalue weighted by Crippen LogP contribution is 2.36. The summed E-state index contributed by atoms with van der Waals surface area (Å²) in [5.74, 6) is -0.231. The third-order valence-electron chi connectivity index (χ3n) is 4.69. The molecule has 10 heteroatoms. The number of nitrogens with zero attached hydrogens (tertiary/aromatic N) is 2. The Kier molecular flexibility index (Phi) is 5.85. The number of amides is 1. The molecule has 1 fully saturated rings. The molecule has 9 nitrogen and oxygen atoms in total. The number of methoxy groups -OCH3 is 1. The Bertz CT molecular complexity index is 1030. The molecule has 0 radical (unpaired) electrons. The predicted octanol–water partition coefficient (Wildman–Crippen LogP) is 2.32. The molecular weight excluding hydrogens is 398 g/mol. The van der Waals surface area contributed by atoms with Crippen LogP contribution in [0.4, 0.5) is 5.69 Å². The summed E-state index contributed by atoms with van der Waals surface area (Å²) < 4.78 is 32.7. The maximum Gasteiger partial charge on any atom is 0.312 e. The van der Waals surface area contributed by atoms with Crippen LogP contribution in [-0.2, 0) is 16.6 Å². The number of carbonyl (C=O) groups is 1. The Labute approximate surface area is 168 Å². The molecule has 1 amide bonds. The highest BCUT2D eigenvalue weighted by molar-refractivity contribution is 7.89. The van der Waals surface area contributed by atoms with Crippen molar-refractivity contribution in [3.63, 3.8) is 0 Å². The van der Waals surface area contributed by atoms with Gasteiger partial charge in [-0.3, -0.25) is 14.9 Å². The average molecular weight is 419 g/mol. The standard InChI is InChI=1S/C19H21N3O6S/c1-20-19(23)14-5-3-13(4-6-14)12-21(15-7-8-15)29(26,27)16-9-10-18(28-2)17(11-16)22(24)25/h3-6,9-11,15H,7-8,12H2,1-2H3,(H,20,23). The maximum absolute atomic E-state index is 13.2. The molecule has 0 unspecified atom stereocenters. The van der Waals surface area contributed by atoms with Crippen molar-refractivity contribution in [1.29, 1.82) is 0 Å². The van der Waals surface area contributed by atoms with Crippen LogP contribution < -0.4 is 10.1 Å². The van der Waals surface area contributed by atoms with Crippen LogP contribution in [0.3, 0.4) is 0 Å². The molecule has 1 aliphatic carbocycles. The second kappa shape index (κ2) is 8.18. The molecule has 154 valence electrons. The van der Waals surface area contributed by atoms with Crippen LogP contribution >= 0.6 is 0 Å². The van der Waals surface area contributed by atoms with Gasteiger partial charge < -0.3 is 10.1 Å². The average Bonchev–Trinajstić information content (AvgIpc) is 3.56. The summed E-state index contributed by atoms with van der Waals surface area (Å²) in [7, 11) is -1.13. The quantitative estimate of drug-likeness (QED) is 0.518. The Morgan fingerprint density at radius 1 is 1.24 bits per heavy atom. The molecular formula is C19H21N3O6S. The molecule has 1 saturated carbocycles. The number of carbonyl (C=O) groups excluding carboxylic acids is 1. The monoisotopic (exact) mass is 419 g/mol. The molecule has 1 N–H and O–H groups in total. The van der Waals surface area contributed by atoms with Gasteiger partial charge in [-0.25, -0.2) is 8.42 Å². The van der Waals surface area contributed by atoms with Gasteiger partial charge in [-0.2, -0.15) is 4.31 Å². The molecule has 0 saturated heterocycles. The number of benzene rings is 2. The van der Waals surface area contributed by atoms with Crippen molar-refractivity contribution in [1.82, 2.24) is 9.62 Å². The van der Waals surface area contributed by atoms with Gasteiger partial charge in [0.25, 0.3) is 5.91 Å². The summed E-state index contributed by atoms with van der Waals surface area (Å²) in [6.45, 7) is 0.112. The first-order valence-electron chi connectivity index (χ1n) is 8.93. The van der Waals surface area contributed by atoms with E-state index in [1.807, 2.05) is 0 Å². The highest BCUT2D eigenvalue weighted by atomic mass is 32.2. The van der Waals surface area contributed by atoms with Gasteiger partial charge >= 0.3 is 5.69 Å². The van der Waals surface area contributed by atoms with Crippen LogP contribution in [0, 0.1) is 10.1 Å². The van der Waals surface area contributed by atoms with Crippen LogP contribution in [0.1, 0.15) is 28.8 Å². The number of nitro benzene ring substituents is 1. The van der Waals surface area contributed by atoms with Gasteiger partial charge in [0, 0.05) is 31.3 Å². The molecule has 1 aliphatic rings. The van der Waals surface area contributed by atoms with Crippen LogP contribution in [0.2, 0.25) is 0 Å². The maximum atomic E-state index is 13.2. The van der Waals surface area contributed by atoms with Crippen molar-refractivity contribution in [2.45, 2.75) is 30.3 Å². The number of nitrogens with one attached hydrogen (secondary N) is 1. The summed E-state index contributed by atoms with van der Waals surface area (Å²) in [5, 5.41) is 13.8. The zero-order valence-electron chi connectivity index (χ0n) is 16.0. The van der Waals surface area contributed by atoms with E-state index in [1.54, 1.807) is 24.3 Å². The molecule has 29 heavy (non-hydrogen) atoms. The first kappa shape index (κ1) is 20.7. The van der Waals surface area contributed by atoms with E-state index in [9.17, 15) is 23.3 Å². The molecule has 0 aromatic heterocycles. The number of nitro groups is 1. The minimum atomic E-state index is -3.95. The van der Waals surface area contributed by atoms with Crippen molar-refractivity contribution >= 4 is 21.6 Å². The Morgan fingerprint density at radius 2 is 1.90 bits per heavy atom. The van der Waals surface area contributed by atoms with Crippen molar-refractivity contribution in [3.8, 4) is 5.75 Å². The van der Waals surface area contributed by atoms with E-state index in [0.29, 0.717) is 5.56 Å². The normalized spacial score (nSPS) is 13.9. The fourth-order valence-corrected chi connectivity index (χ4v) is 4.66. The van der Waals surface area contributed by atoms with Crippen molar-refractivity contribution in [2.24, 2.45) is 0 Å². The third-order valence-corrected chi connectivity index (χ3v) is 6.58. The van der Waals surface area contributed by atoms with Gasteiger partial charge in [0.05, 0.1) is 16.9 Å². The van der Waals surface area contributed by atoms with Gasteiger partial charge in [0.2, 0.25) is 10.0 Å². The zero-order valence-corrected chi connectivity index (χ0v) is 16.8. The highest BCUT2D eigenvalue weighted by Gasteiger charge is 2.39. The van der Waals surface area contributed by atoms with E-state index in [2.05, 4.69) is 5.32 Å². The number of sulfonamides is 1.